The van der Waals surface area contributed by atoms with Crippen LogP contribution in [0.5, 0.6) is 0 Å². The highest BCUT2D eigenvalue weighted by atomic mass is 32.1. The van der Waals surface area contributed by atoms with Crippen LogP contribution in [0, 0.1) is 5.82 Å². The van der Waals surface area contributed by atoms with E-state index in [0.717, 1.165) is 32.5 Å². The maximum Gasteiger partial charge on any atom is 0.251 e. The summed E-state index contributed by atoms with van der Waals surface area (Å²) in [5, 5.41) is 5.18. The minimum absolute atomic E-state index is 0.123. The molecule has 1 aromatic heterocycles. The number of likely N-dealkylation sites (tertiary alicyclic amines) is 1. The number of halogens is 1. The number of piperidine rings is 1. The number of thiophene rings is 1. The number of hydrogen-bond donors (Lipinski definition) is 1. The summed E-state index contributed by atoms with van der Waals surface area (Å²) in [5.74, 6) is -0.449. The van der Waals surface area contributed by atoms with Gasteiger partial charge in [-0.3, -0.25) is 9.69 Å². The molecule has 144 valence electrons. The largest absolute Gasteiger partial charge is 0.349 e. The second kappa shape index (κ2) is 8.67. The number of carbonyl (C=O) groups is 1. The Balaban J connectivity index is 1.29. The highest BCUT2D eigenvalue weighted by Crippen LogP contribution is 2.26. The number of benzene rings is 2. The van der Waals surface area contributed by atoms with Crippen LogP contribution in [0.3, 0.4) is 0 Å². The molecule has 1 fully saturated rings. The Morgan fingerprint density at radius 1 is 1.07 bits per heavy atom. The molecule has 0 saturated carbocycles. The van der Waals surface area contributed by atoms with E-state index in [-0.39, 0.29) is 17.8 Å². The molecule has 3 nitrogen and oxygen atoms in total. The van der Waals surface area contributed by atoms with Gasteiger partial charge in [0.1, 0.15) is 5.82 Å². The molecule has 0 atom stereocenters. The van der Waals surface area contributed by atoms with Gasteiger partial charge >= 0.3 is 0 Å². The Bertz CT molecular complexity index is 916. The van der Waals surface area contributed by atoms with E-state index in [1.165, 1.54) is 40.3 Å². The van der Waals surface area contributed by atoms with Gasteiger partial charge < -0.3 is 5.32 Å². The molecule has 1 aliphatic rings. The molecule has 5 heteroatoms. The number of carbonyl (C=O) groups excluding carboxylic acids is 1. The van der Waals surface area contributed by atoms with Gasteiger partial charge in [0.2, 0.25) is 0 Å². The van der Waals surface area contributed by atoms with Crippen LogP contribution in [-0.2, 0) is 6.54 Å². The van der Waals surface area contributed by atoms with Gasteiger partial charge in [-0.1, -0.05) is 24.3 Å². The van der Waals surface area contributed by atoms with Gasteiger partial charge in [0.15, 0.2) is 0 Å². The average molecular weight is 395 g/mol. The molecule has 1 saturated heterocycles. The van der Waals surface area contributed by atoms with Crippen molar-refractivity contribution in [3.8, 4) is 10.4 Å². The van der Waals surface area contributed by atoms with Gasteiger partial charge in [0, 0.05) is 36.1 Å². The quantitative estimate of drug-likeness (QED) is 0.664. The average Bonchev–Trinajstić information content (AvgIpc) is 3.25. The van der Waals surface area contributed by atoms with Crippen LogP contribution >= 0.6 is 11.3 Å². The number of nitrogens with one attached hydrogen (secondary N) is 1. The Morgan fingerprint density at radius 3 is 2.57 bits per heavy atom. The first-order valence-corrected chi connectivity index (χ1v) is 10.5. The van der Waals surface area contributed by atoms with Crippen molar-refractivity contribution in [3.63, 3.8) is 0 Å². The number of nitrogens with zero attached hydrogens (tertiary/aromatic N) is 1. The van der Waals surface area contributed by atoms with Crippen LogP contribution in [0.2, 0.25) is 0 Å². The molecule has 28 heavy (non-hydrogen) atoms. The van der Waals surface area contributed by atoms with Gasteiger partial charge in [-0.15, -0.1) is 11.3 Å². The Kier molecular flexibility index (Phi) is 5.84. The Hall–Kier alpha value is -2.50. The van der Waals surface area contributed by atoms with Crippen molar-refractivity contribution in [1.29, 1.82) is 0 Å². The van der Waals surface area contributed by atoms with E-state index in [0.29, 0.717) is 5.56 Å². The second-order valence-electron chi connectivity index (χ2n) is 7.21. The Labute approximate surface area is 168 Å². The standard InChI is InChI=1S/C23H23FN2OS/c24-20-8-6-18(7-9-20)23(27)25-21-10-12-26(13-11-21)16-17-3-1-4-19(15-17)22-5-2-14-28-22/h1-9,14-15,21H,10-13,16H2,(H,25,27). The van der Waals surface area contributed by atoms with Crippen molar-refractivity contribution in [3.05, 3.63) is 83.0 Å². The molecule has 2 heterocycles. The van der Waals surface area contributed by atoms with Gasteiger partial charge in [-0.2, -0.15) is 0 Å². The van der Waals surface area contributed by atoms with Crippen LogP contribution in [0.25, 0.3) is 10.4 Å². The van der Waals surface area contributed by atoms with Crippen LogP contribution < -0.4 is 5.32 Å². The SMILES string of the molecule is O=C(NC1CCN(Cc2cccc(-c3cccs3)c2)CC1)c1ccc(F)cc1. The maximum absolute atomic E-state index is 13.0. The summed E-state index contributed by atoms with van der Waals surface area (Å²) in [5.41, 5.74) is 3.10. The van der Waals surface area contributed by atoms with Crippen molar-refractivity contribution in [2.75, 3.05) is 13.1 Å². The number of rotatable bonds is 5. The highest BCUT2D eigenvalue weighted by molar-refractivity contribution is 7.13. The molecule has 1 aliphatic heterocycles. The molecule has 0 spiro atoms. The van der Waals surface area contributed by atoms with Crippen molar-refractivity contribution >= 4 is 17.2 Å². The maximum atomic E-state index is 13.0. The molecule has 0 radical (unpaired) electrons. The van der Waals surface area contributed by atoms with Gasteiger partial charge in [0.05, 0.1) is 0 Å². The lowest BCUT2D eigenvalue weighted by molar-refractivity contribution is 0.0909. The third-order valence-corrected chi connectivity index (χ3v) is 6.09. The zero-order valence-corrected chi connectivity index (χ0v) is 16.4. The van der Waals surface area contributed by atoms with Crippen molar-refractivity contribution in [2.45, 2.75) is 25.4 Å². The lowest BCUT2D eigenvalue weighted by Crippen LogP contribution is -2.44. The van der Waals surface area contributed by atoms with Crippen LogP contribution in [0.15, 0.2) is 66.0 Å². The summed E-state index contributed by atoms with van der Waals surface area (Å²) < 4.78 is 13.0. The van der Waals surface area contributed by atoms with Crippen LogP contribution in [-0.4, -0.2) is 29.9 Å². The van der Waals surface area contributed by atoms with Crippen LogP contribution in [0.4, 0.5) is 4.39 Å². The summed E-state index contributed by atoms with van der Waals surface area (Å²) in [6.45, 7) is 2.84. The molecule has 1 N–H and O–H groups in total. The molecular formula is C23H23FN2OS. The Morgan fingerprint density at radius 2 is 1.86 bits per heavy atom. The second-order valence-corrected chi connectivity index (χ2v) is 8.16. The zero-order valence-electron chi connectivity index (χ0n) is 15.6. The van der Waals surface area contributed by atoms with Gasteiger partial charge in [-0.25, -0.2) is 4.39 Å². The molecule has 1 amide bonds. The summed E-state index contributed by atoms with van der Waals surface area (Å²) in [6, 6.07) is 18.8. The first-order chi connectivity index (χ1) is 13.7. The third-order valence-electron chi connectivity index (χ3n) is 5.17. The number of hydrogen-bond acceptors (Lipinski definition) is 3. The molecule has 4 rings (SSSR count). The van der Waals surface area contributed by atoms with E-state index >= 15 is 0 Å². The zero-order chi connectivity index (χ0) is 19.3. The highest BCUT2D eigenvalue weighted by Gasteiger charge is 2.21. The van der Waals surface area contributed by atoms with Crippen molar-refractivity contribution in [2.24, 2.45) is 0 Å². The fourth-order valence-electron chi connectivity index (χ4n) is 3.63. The van der Waals surface area contributed by atoms with E-state index < -0.39 is 0 Å². The van der Waals surface area contributed by atoms with Gasteiger partial charge in [0.25, 0.3) is 5.91 Å². The monoisotopic (exact) mass is 394 g/mol. The van der Waals surface area contributed by atoms with E-state index in [9.17, 15) is 9.18 Å². The first-order valence-electron chi connectivity index (χ1n) is 9.59. The van der Waals surface area contributed by atoms with E-state index in [1.54, 1.807) is 11.3 Å². The topological polar surface area (TPSA) is 32.3 Å². The minimum atomic E-state index is -0.326. The lowest BCUT2D eigenvalue weighted by Gasteiger charge is -2.32. The summed E-state index contributed by atoms with van der Waals surface area (Å²) >= 11 is 1.76. The van der Waals surface area contributed by atoms with Crippen LogP contribution in [0.1, 0.15) is 28.8 Å². The smallest absolute Gasteiger partial charge is 0.251 e. The number of amides is 1. The molecular weight excluding hydrogens is 371 g/mol. The summed E-state index contributed by atoms with van der Waals surface area (Å²) in [6.07, 6.45) is 1.86. The van der Waals surface area contributed by atoms with Crippen molar-refractivity contribution < 1.29 is 9.18 Å². The van der Waals surface area contributed by atoms with E-state index in [1.807, 2.05) is 0 Å². The van der Waals surface area contributed by atoms with Crippen molar-refractivity contribution in [1.82, 2.24) is 10.2 Å². The minimum Gasteiger partial charge on any atom is -0.349 e. The first kappa shape index (κ1) is 18.8. The molecule has 2 aromatic carbocycles. The summed E-state index contributed by atoms with van der Waals surface area (Å²) in [7, 11) is 0. The fourth-order valence-corrected chi connectivity index (χ4v) is 4.35. The van der Waals surface area contributed by atoms with E-state index in [4.69, 9.17) is 0 Å². The molecule has 3 aromatic rings. The summed E-state index contributed by atoms with van der Waals surface area (Å²) in [4.78, 5) is 16.0. The predicted molar refractivity (Wildman–Crippen MR) is 112 cm³/mol. The van der Waals surface area contributed by atoms with Gasteiger partial charge in [-0.05, 0) is 65.7 Å². The third kappa shape index (κ3) is 4.66. The normalized spacial score (nSPS) is 15.5. The predicted octanol–water partition coefficient (Wildman–Crippen LogP) is 4.95. The molecule has 0 bridgehead atoms. The lowest BCUT2D eigenvalue weighted by atomic mass is 10.0. The molecule has 0 aliphatic carbocycles. The fraction of sp³-hybridized carbons (Fsp3) is 0.261. The molecule has 0 unspecified atom stereocenters. The van der Waals surface area contributed by atoms with E-state index in [2.05, 4.69) is 52.0 Å².